The van der Waals surface area contributed by atoms with Crippen LogP contribution in [-0.4, -0.2) is 46.9 Å². The van der Waals surface area contributed by atoms with Crippen molar-refractivity contribution in [3.05, 3.63) is 71.8 Å². The topological polar surface area (TPSA) is 114 Å². The molecule has 3 atom stereocenters. The van der Waals surface area contributed by atoms with Crippen molar-refractivity contribution in [2.45, 2.75) is 51.4 Å². The van der Waals surface area contributed by atoms with Crippen LogP contribution in [-0.2, 0) is 32.1 Å². The molecule has 2 aromatic rings. The summed E-state index contributed by atoms with van der Waals surface area (Å²) in [6.45, 7) is 3.95. The van der Waals surface area contributed by atoms with E-state index in [1.54, 1.807) is 0 Å². The van der Waals surface area contributed by atoms with Crippen LogP contribution in [0.2, 0.25) is 0 Å². The second-order valence-corrected chi connectivity index (χ2v) is 9.85. The molecule has 0 saturated carbocycles. The largest absolute Gasteiger partial charge is 0.445 e. The molecular formula is C26H31N3O5S. The Morgan fingerprint density at radius 2 is 1.54 bits per heavy atom. The van der Waals surface area contributed by atoms with Gasteiger partial charge in [0.15, 0.2) is 0 Å². The molecular weight excluding hydrogens is 466 g/mol. The molecule has 3 N–H and O–H groups in total. The molecule has 0 bridgehead atoms. The average molecular weight is 498 g/mol. The van der Waals surface area contributed by atoms with Crippen LogP contribution < -0.4 is 16.0 Å². The summed E-state index contributed by atoms with van der Waals surface area (Å²) in [7, 11) is 0. The quantitative estimate of drug-likeness (QED) is 0.440. The molecule has 0 spiro atoms. The van der Waals surface area contributed by atoms with Crippen molar-refractivity contribution >= 4 is 34.8 Å². The normalized spacial score (nSPS) is 16.5. The zero-order chi connectivity index (χ0) is 25.2. The second kappa shape index (κ2) is 12.9. The van der Waals surface area contributed by atoms with E-state index in [4.69, 9.17) is 4.74 Å². The number of thioether (sulfide) groups is 1. The Morgan fingerprint density at radius 1 is 0.914 bits per heavy atom. The highest BCUT2D eigenvalue weighted by Crippen LogP contribution is 2.20. The Bertz CT molecular complexity index is 1020. The average Bonchev–Trinajstić information content (AvgIpc) is 2.85. The highest BCUT2D eigenvalue weighted by molar-refractivity contribution is 8.16. The number of benzene rings is 2. The van der Waals surface area contributed by atoms with Gasteiger partial charge in [0, 0.05) is 12.2 Å². The van der Waals surface area contributed by atoms with Crippen LogP contribution in [0, 0.1) is 5.92 Å². The number of carbonyl (C=O) groups is 4. The summed E-state index contributed by atoms with van der Waals surface area (Å²) in [5.41, 5.74) is 1.67. The van der Waals surface area contributed by atoms with Crippen molar-refractivity contribution in [3.63, 3.8) is 0 Å². The molecule has 3 rings (SSSR count). The van der Waals surface area contributed by atoms with Gasteiger partial charge in [0.1, 0.15) is 24.7 Å². The van der Waals surface area contributed by atoms with Gasteiger partial charge in [0.25, 0.3) is 0 Å². The van der Waals surface area contributed by atoms with E-state index >= 15 is 0 Å². The van der Waals surface area contributed by atoms with Crippen LogP contribution in [0.1, 0.15) is 31.4 Å². The number of alkyl carbamates (subject to hydrolysis) is 1. The molecule has 35 heavy (non-hydrogen) atoms. The van der Waals surface area contributed by atoms with Crippen LogP contribution in [0.15, 0.2) is 60.7 Å². The summed E-state index contributed by atoms with van der Waals surface area (Å²) in [6, 6.07) is 16.2. The number of carbonyl (C=O) groups excluding carboxylic acids is 4. The third kappa shape index (κ3) is 8.43. The van der Waals surface area contributed by atoms with E-state index in [1.807, 2.05) is 74.5 Å². The molecule has 1 aliphatic rings. The fraction of sp³-hybridized carbons (Fsp3) is 0.385. The van der Waals surface area contributed by atoms with E-state index in [2.05, 4.69) is 16.0 Å². The van der Waals surface area contributed by atoms with Gasteiger partial charge < -0.3 is 20.7 Å². The molecule has 0 unspecified atom stereocenters. The minimum atomic E-state index is -0.955. The van der Waals surface area contributed by atoms with Gasteiger partial charge in [0.05, 0.1) is 0 Å². The van der Waals surface area contributed by atoms with Crippen LogP contribution in [0.4, 0.5) is 4.79 Å². The van der Waals surface area contributed by atoms with E-state index < -0.39 is 36.0 Å². The van der Waals surface area contributed by atoms with Crippen LogP contribution in [0.5, 0.6) is 0 Å². The van der Waals surface area contributed by atoms with E-state index in [-0.39, 0.29) is 24.1 Å². The number of hydrogen-bond acceptors (Lipinski definition) is 6. The molecule has 1 heterocycles. The van der Waals surface area contributed by atoms with Gasteiger partial charge in [-0.05, 0) is 23.5 Å². The summed E-state index contributed by atoms with van der Waals surface area (Å²) >= 11 is 1.16. The van der Waals surface area contributed by atoms with Gasteiger partial charge in [-0.1, -0.05) is 86.3 Å². The minimum absolute atomic E-state index is 0.0676. The Kier molecular flexibility index (Phi) is 9.72. The van der Waals surface area contributed by atoms with E-state index in [0.717, 1.165) is 22.9 Å². The maximum atomic E-state index is 13.3. The molecule has 9 heteroatoms. The first-order valence-corrected chi connectivity index (χ1v) is 12.6. The Labute approximate surface area is 209 Å². The fourth-order valence-corrected chi connectivity index (χ4v) is 4.16. The van der Waals surface area contributed by atoms with Gasteiger partial charge in [0.2, 0.25) is 16.9 Å². The lowest BCUT2D eigenvalue weighted by atomic mass is 10.0. The first-order valence-electron chi connectivity index (χ1n) is 11.6. The van der Waals surface area contributed by atoms with Crippen molar-refractivity contribution in [1.82, 2.24) is 16.0 Å². The van der Waals surface area contributed by atoms with Crippen molar-refractivity contribution in [3.8, 4) is 0 Å². The summed E-state index contributed by atoms with van der Waals surface area (Å²) in [4.78, 5) is 50.2. The smallest absolute Gasteiger partial charge is 0.408 e. The molecule has 2 aromatic carbocycles. The third-order valence-electron chi connectivity index (χ3n) is 5.44. The first-order chi connectivity index (χ1) is 16.8. The fourth-order valence-electron chi connectivity index (χ4n) is 3.55. The number of amides is 3. The molecule has 0 radical (unpaired) electrons. The van der Waals surface area contributed by atoms with Gasteiger partial charge >= 0.3 is 6.09 Å². The summed E-state index contributed by atoms with van der Waals surface area (Å²) < 4.78 is 5.30. The highest BCUT2D eigenvalue weighted by atomic mass is 32.2. The molecule has 3 amide bonds. The standard InChI is InChI=1S/C26H31N3O5S/c1-17(2)13-20(23(30)28-22-16-35-25(22)32)27-24(31)21(14-18-9-5-3-6-10-18)29-26(33)34-15-19-11-7-4-8-12-19/h3-12,17,20-22H,13-16H2,1-2H3,(H,27,31)(H,28,30)(H,29,33)/t20-,21-,22-/m0/s1. The summed E-state index contributed by atoms with van der Waals surface area (Å²) in [5.74, 6) is -0.261. The summed E-state index contributed by atoms with van der Waals surface area (Å²) in [6.07, 6.45) is -0.116. The first kappa shape index (κ1) is 26.3. The van der Waals surface area contributed by atoms with Crippen LogP contribution >= 0.6 is 11.8 Å². The third-order valence-corrected chi connectivity index (χ3v) is 6.51. The molecule has 1 aliphatic heterocycles. The monoisotopic (exact) mass is 497 g/mol. The molecule has 0 aliphatic carbocycles. The van der Waals surface area contributed by atoms with Crippen molar-refractivity contribution in [2.24, 2.45) is 5.92 Å². The maximum absolute atomic E-state index is 13.3. The zero-order valence-corrected chi connectivity index (χ0v) is 20.7. The lowest BCUT2D eigenvalue weighted by molar-refractivity contribution is -0.131. The minimum Gasteiger partial charge on any atom is -0.445 e. The lowest BCUT2D eigenvalue weighted by Gasteiger charge is -2.28. The number of hydrogen-bond donors (Lipinski definition) is 3. The predicted molar refractivity (Wildman–Crippen MR) is 134 cm³/mol. The maximum Gasteiger partial charge on any atom is 0.408 e. The van der Waals surface area contributed by atoms with Crippen molar-refractivity contribution in [2.75, 3.05) is 5.75 Å². The zero-order valence-electron chi connectivity index (χ0n) is 19.9. The van der Waals surface area contributed by atoms with E-state index in [9.17, 15) is 19.2 Å². The SMILES string of the molecule is CC(C)C[C@H](NC(=O)[C@H](Cc1ccccc1)NC(=O)OCc1ccccc1)C(=O)N[C@H]1CSC1=O. The molecule has 1 saturated heterocycles. The predicted octanol–water partition coefficient (Wildman–Crippen LogP) is 2.81. The molecule has 186 valence electrons. The molecule has 0 aromatic heterocycles. The summed E-state index contributed by atoms with van der Waals surface area (Å²) in [5, 5.41) is 8.04. The van der Waals surface area contributed by atoms with Gasteiger partial charge in [-0.3, -0.25) is 14.4 Å². The second-order valence-electron chi connectivity index (χ2n) is 8.83. The lowest BCUT2D eigenvalue weighted by Crippen LogP contribution is -2.58. The number of rotatable bonds is 11. The van der Waals surface area contributed by atoms with E-state index in [0.29, 0.717) is 12.2 Å². The number of ether oxygens (including phenoxy) is 1. The Morgan fingerprint density at radius 3 is 2.09 bits per heavy atom. The van der Waals surface area contributed by atoms with Gasteiger partial charge in [-0.15, -0.1) is 0 Å². The van der Waals surface area contributed by atoms with Gasteiger partial charge in [-0.2, -0.15) is 0 Å². The van der Waals surface area contributed by atoms with Crippen molar-refractivity contribution < 1.29 is 23.9 Å². The Hall–Kier alpha value is -3.33. The van der Waals surface area contributed by atoms with Crippen molar-refractivity contribution in [1.29, 1.82) is 0 Å². The highest BCUT2D eigenvalue weighted by Gasteiger charge is 2.34. The van der Waals surface area contributed by atoms with Crippen LogP contribution in [0.25, 0.3) is 0 Å². The molecule has 1 fully saturated rings. The van der Waals surface area contributed by atoms with Gasteiger partial charge in [-0.25, -0.2) is 4.79 Å². The van der Waals surface area contributed by atoms with E-state index in [1.165, 1.54) is 0 Å². The Balaban J connectivity index is 1.67. The molecule has 8 nitrogen and oxygen atoms in total. The number of nitrogens with one attached hydrogen (secondary N) is 3. The van der Waals surface area contributed by atoms with Crippen LogP contribution in [0.3, 0.4) is 0 Å².